The molecule has 0 aromatic heterocycles. The van der Waals surface area contributed by atoms with Gasteiger partial charge in [0.1, 0.15) is 6.61 Å². The van der Waals surface area contributed by atoms with E-state index in [-0.39, 0.29) is 35.1 Å². The average Bonchev–Trinajstić information content (AvgIpc) is 3.26. The molecule has 2 heterocycles. The van der Waals surface area contributed by atoms with Crippen molar-refractivity contribution in [2.75, 3.05) is 13.2 Å². The van der Waals surface area contributed by atoms with E-state index in [4.69, 9.17) is 18.9 Å². The van der Waals surface area contributed by atoms with E-state index >= 15 is 0 Å². The number of ether oxygens (including phenoxy) is 4. The van der Waals surface area contributed by atoms with Gasteiger partial charge in [0.15, 0.2) is 11.9 Å². The number of nitrogens with zero attached hydrogens (tertiary/aromatic N) is 1. The largest absolute Gasteiger partial charge is 0.458 e. The van der Waals surface area contributed by atoms with Crippen molar-refractivity contribution in [2.24, 2.45) is 22.7 Å². The third-order valence-corrected chi connectivity index (χ3v) is 9.77. The van der Waals surface area contributed by atoms with Crippen molar-refractivity contribution in [1.29, 1.82) is 0 Å². The zero-order valence-corrected chi connectivity index (χ0v) is 24.2. The molecule has 2 saturated carbocycles. The first-order valence-corrected chi connectivity index (χ1v) is 14.3. The van der Waals surface area contributed by atoms with Crippen molar-refractivity contribution < 1.29 is 33.5 Å². The molecule has 220 valence electrons. The van der Waals surface area contributed by atoms with Crippen LogP contribution in [0.4, 0.5) is 5.69 Å². The highest BCUT2D eigenvalue weighted by Gasteiger charge is 2.60. The predicted octanol–water partition coefficient (Wildman–Crippen LogP) is 5.93. The van der Waals surface area contributed by atoms with Crippen LogP contribution in [-0.2, 0) is 28.5 Å². The number of hydrogen-bond acceptors (Lipinski definition) is 8. The third kappa shape index (κ3) is 5.62. The van der Waals surface area contributed by atoms with Gasteiger partial charge in [-0.3, -0.25) is 10.1 Å². The summed E-state index contributed by atoms with van der Waals surface area (Å²) in [4.78, 5) is 35.5. The lowest BCUT2D eigenvalue weighted by atomic mass is 9.46. The Kier molecular flexibility index (Phi) is 7.72. The first-order chi connectivity index (χ1) is 19.3. The molecule has 1 aromatic rings. The number of rotatable bonds is 6. The number of nitro benzene ring substituents is 1. The minimum atomic E-state index is -0.799. The summed E-state index contributed by atoms with van der Waals surface area (Å²) in [5.41, 5.74) is 1.98. The molecule has 9 heteroatoms. The fourth-order valence-corrected chi connectivity index (χ4v) is 7.56. The smallest absolute Gasteiger partial charge is 0.337 e. The van der Waals surface area contributed by atoms with Crippen LogP contribution in [0.5, 0.6) is 0 Å². The maximum absolute atomic E-state index is 12.6. The molecule has 0 radical (unpaired) electrons. The van der Waals surface area contributed by atoms with Crippen molar-refractivity contribution in [3.63, 3.8) is 0 Å². The summed E-state index contributed by atoms with van der Waals surface area (Å²) in [6.45, 7) is 13.7. The number of allylic oxidation sites excluding steroid dienone is 2. The maximum atomic E-state index is 12.6. The molecule has 9 nitrogen and oxygen atoms in total. The van der Waals surface area contributed by atoms with E-state index in [0.717, 1.165) is 25.7 Å². The van der Waals surface area contributed by atoms with Crippen LogP contribution in [0.15, 0.2) is 54.1 Å². The zero-order chi connectivity index (χ0) is 29.6. The van der Waals surface area contributed by atoms with Gasteiger partial charge in [0.05, 0.1) is 23.2 Å². The van der Waals surface area contributed by atoms with Gasteiger partial charge in [-0.05, 0) is 87.0 Å². The van der Waals surface area contributed by atoms with Gasteiger partial charge in [-0.15, -0.1) is 0 Å². The molecule has 0 amide bonds. The molecule has 0 unspecified atom stereocenters. The minimum Gasteiger partial charge on any atom is -0.458 e. The lowest BCUT2D eigenvalue weighted by molar-refractivity contribution is -0.384. The van der Waals surface area contributed by atoms with Gasteiger partial charge in [0.25, 0.3) is 5.69 Å². The highest BCUT2D eigenvalue weighted by atomic mass is 16.7. The van der Waals surface area contributed by atoms with Crippen molar-refractivity contribution >= 4 is 23.7 Å². The SMILES string of the molecule is C=C1CC[C@@H]2[C@]3(C)COC(C)(C)O[C@@H]3CC[C@@]2(C)[C@@H]1C/C=C1/C(=O)OC[C@H]1OC(=O)/C=C/c1ccc([N+](=O)[O-])cc1. The number of nitro groups is 1. The lowest BCUT2D eigenvalue weighted by Crippen LogP contribution is -2.62. The van der Waals surface area contributed by atoms with E-state index in [9.17, 15) is 19.7 Å². The summed E-state index contributed by atoms with van der Waals surface area (Å²) >= 11 is 0. The van der Waals surface area contributed by atoms with Crippen LogP contribution < -0.4 is 0 Å². The minimum absolute atomic E-state index is 0.0303. The fourth-order valence-electron chi connectivity index (χ4n) is 7.56. The molecule has 2 saturated heterocycles. The second kappa shape index (κ2) is 10.8. The van der Waals surface area contributed by atoms with Gasteiger partial charge in [-0.25, -0.2) is 9.59 Å². The molecule has 2 aliphatic heterocycles. The van der Waals surface area contributed by atoms with Crippen LogP contribution in [0, 0.1) is 32.8 Å². The molecule has 4 aliphatic rings. The van der Waals surface area contributed by atoms with Gasteiger partial charge in [0, 0.05) is 23.6 Å². The van der Waals surface area contributed by atoms with Crippen LogP contribution in [-0.4, -0.2) is 48.1 Å². The molecule has 1 aromatic carbocycles. The Hall–Kier alpha value is -3.30. The van der Waals surface area contributed by atoms with Crippen LogP contribution in [0.3, 0.4) is 0 Å². The van der Waals surface area contributed by atoms with Gasteiger partial charge in [-0.2, -0.15) is 0 Å². The summed E-state index contributed by atoms with van der Waals surface area (Å²) in [6.07, 6.45) is 8.47. The molecule has 0 N–H and O–H groups in total. The number of carbonyl (C=O) groups excluding carboxylic acids is 2. The monoisotopic (exact) mass is 565 g/mol. The first kappa shape index (κ1) is 29.2. The van der Waals surface area contributed by atoms with Crippen LogP contribution in [0.2, 0.25) is 0 Å². The lowest BCUT2D eigenvalue weighted by Gasteiger charge is -2.63. The average molecular weight is 566 g/mol. The number of carbonyl (C=O) groups is 2. The van der Waals surface area contributed by atoms with E-state index < -0.39 is 28.8 Å². The molecular formula is C32H39NO8. The second-order valence-electron chi connectivity index (χ2n) is 12.7. The number of fused-ring (bicyclic) bond motifs is 3. The zero-order valence-electron chi connectivity index (χ0n) is 24.2. The number of hydrogen-bond donors (Lipinski definition) is 0. The van der Waals surface area contributed by atoms with Crippen molar-refractivity contribution in [2.45, 2.75) is 77.8 Å². The standard InChI is InChI=1S/C32H39NO8/c1-20-6-14-26-31(4,17-16-27-32(26,5)19-39-30(2,3)41-27)24(20)13-12-23-25(18-38-29(23)35)40-28(34)15-9-21-7-10-22(11-8-21)33(36)37/h7-12,15,24-27H,1,6,13-14,16-19H2,2-5H3/b15-9+,23-12+/t24-,25-,26+,27-,31+,32+/m1/s1. The summed E-state index contributed by atoms with van der Waals surface area (Å²) in [5, 5.41) is 10.8. The number of non-ortho nitro benzene ring substituents is 1. The molecule has 6 atom stereocenters. The predicted molar refractivity (Wildman–Crippen MR) is 151 cm³/mol. The van der Waals surface area contributed by atoms with Crippen LogP contribution in [0.1, 0.15) is 65.4 Å². The maximum Gasteiger partial charge on any atom is 0.337 e. The number of esters is 2. The van der Waals surface area contributed by atoms with E-state index in [2.05, 4.69) is 20.4 Å². The number of cyclic esters (lactones) is 1. The molecule has 4 fully saturated rings. The molecule has 2 aliphatic carbocycles. The summed E-state index contributed by atoms with van der Waals surface area (Å²) < 4.78 is 23.4. The fraction of sp³-hybridized carbons (Fsp3) is 0.562. The van der Waals surface area contributed by atoms with Crippen LogP contribution in [0.25, 0.3) is 6.08 Å². The second-order valence-corrected chi connectivity index (χ2v) is 12.7. The molecule has 0 bridgehead atoms. The van der Waals surface area contributed by atoms with Gasteiger partial charge >= 0.3 is 11.9 Å². The Labute approximate surface area is 240 Å². The Morgan fingerprint density at radius 2 is 1.90 bits per heavy atom. The third-order valence-electron chi connectivity index (χ3n) is 9.77. The van der Waals surface area contributed by atoms with Crippen molar-refractivity contribution in [3.8, 4) is 0 Å². The molecule has 41 heavy (non-hydrogen) atoms. The Bertz CT molecular complexity index is 1300. The topological polar surface area (TPSA) is 114 Å². The van der Waals surface area contributed by atoms with Crippen molar-refractivity contribution in [3.05, 3.63) is 69.8 Å². The van der Waals surface area contributed by atoms with E-state index in [1.165, 1.54) is 29.9 Å². The first-order valence-electron chi connectivity index (χ1n) is 14.3. The summed E-state index contributed by atoms with van der Waals surface area (Å²) in [5.74, 6) is -1.14. The Morgan fingerprint density at radius 3 is 2.61 bits per heavy atom. The van der Waals surface area contributed by atoms with Gasteiger partial charge < -0.3 is 18.9 Å². The summed E-state index contributed by atoms with van der Waals surface area (Å²) in [7, 11) is 0. The van der Waals surface area contributed by atoms with Crippen LogP contribution >= 0.6 is 0 Å². The normalized spacial score (nSPS) is 35.6. The van der Waals surface area contributed by atoms with E-state index in [0.29, 0.717) is 30.1 Å². The Balaban J connectivity index is 1.28. The molecule has 5 rings (SSSR count). The van der Waals surface area contributed by atoms with E-state index in [1.807, 2.05) is 19.9 Å². The van der Waals surface area contributed by atoms with Crippen molar-refractivity contribution in [1.82, 2.24) is 0 Å². The van der Waals surface area contributed by atoms with Gasteiger partial charge in [0.2, 0.25) is 0 Å². The Morgan fingerprint density at radius 1 is 1.17 bits per heavy atom. The van der Waals surface area contributed by atoms with E-state index in [1.54, 1.807) is 12.1 Å². The quantitative estimate of drug-likeness (QED) is 0.137. The highest BCUT2D eigenvalue weighted by molar-refractivity contribution is 5.93. The molecule has 0 spiro atoms. The highest BCUT2D eigenvalue weighted by Crippen LogP contribution is 2.63. The van der Waals surface area contributed by atoms with Gasteiger partial charge in [-0.1, -0.05) is 32.1 Å². The number of benzene rings is 1. The molecular weight excluding hydrogens is 526 g/mol. The summed E-state index contributed by atoms with van der Waals surface area (Å²) in [6, 6.07) is 5.81.